The average Bonchev–Trinajstić information content (AvgIpc) is 2.68. The predicted octanol–water partition coefficient (Wildman–Crippen LogP) is 4.45. The molecule has 2 aromatic rings. The van der Waals surface area contributed by atoms with E-state index in [2.05, 4.69) is 21.7 Å². The van der Waals surface area contributed by atoms with Crippen LogP contribution in [0.15, 0.2) is 54.2 Å². The molecule has 26 heavy (non-hydrogen) atoms. The Hall–Kier alpha value is -2.69. The van der Waals surface area contributed by atoms with E-state index in [0.717, 1.165) is 30.5 Å². The van der Waals surface area contributed by atoms with Gasteiger partial charge in [-0.1, -0.05) is 23.8 Å². The molecular formula is C21H24FN3O. The van der Waals surface area contributed by atoms with Crippen LogP contribution in [0.1, 0.15) is 48.2 Å². The van der Waals surface area contributed by atoms with Crippen molar-refractivity contribution in [3.8, 4) is 0 Å². The Morgan fingerprint density at radius 3 is 2.77 bits per heavy atom. The maximum atomic E-state index is 12.9. The maximum absolute atomic E-state index is 12.9. The number of halogens is 1. The molecule has 5 heteroatoms. The summed E-state index contributed by atoms with van der Waals surface area (Å²) in [7, 11) is 0. The van der Waals surface area contributed by atoms with Gasteiger partial charge in [-0.15, -0.1) is 0 Å². The van der Waals surface area contributed by atoms with Gasteiger partial charge in [0.25, 0.3) is 5.91 Å². The molecule has 3 rings (SSSR count). The second-order valence-corrected chi connectivity index (χ2v) is 6.52. The number of aromatic nitrogens is 1. The molecule has 1 aromatic heterocycles. The van der Waals surface area contributed by atoms with E-state index in [4.69, 9.17) is 0 Å². The minimum absolute atomic E-state index is 0.160. The highest BCUT2D eigenvalue weighted by Gasteiger charge is 2.09. The fraction of sp³-hybridized carbons (Fsp3) is 0.333. The van der Waals surface area contributed by atoms with Crippen LogP contribution in [-0.2, 0) is 6.54 Å². The molecule has 1 aliphatic rings. The first-order valence-electron chi connectivity index (χ1n) is 9.11. The van der Waals surface area contributed by atoms with E-state index in [0.29, 0.717) is 18.8 Å². The molecule has 0 radical (unpaired) electrons. The third-order valence-corrected chi connectivity index (χ3v) is 4.52. The summed E-state index contributed by atoms with van der Waals surface area (Å²) < 4.78 is 12.9. The van der Waals surface area contributed by atoms with Crippen molar-refractivity contribution < 1.29 is 9.18 Å². The summed E-state index contributed by atoms with van der Waals surface area (Å²) in [6.07, 6.45) is 9.66. The summed E-state index contributed by atoms with van der Waals surface area (Å²) in [4.78, 5) is 16.4. The molecule has 0 saturated heterocycles. The van der Waals surface area contributed by atoms with E-state index in [1.807, 2.05) is 6.07 Å². The molecule has 1 aliphatic carbocycles. The highest BCUT2D eigenvalue weighted by molar-refractivity contribution is 5.93. The zero-order chi connectivity index (χ0) is 18.2. The number of hydrogen-bond acceptors (Lipinski definition) is 3. The largest absolute Gasteiger partial charge is 0.381 e. The van der Waals surface area contributed by atoms with Crippen LogP contribution in [0.4, 0.5) is 10.1 Å². The van der Waals surface area contributed by atoms with Crippen molar-refractivity contribution in [3.05, 3.63) is 71.3 Å². The van der Waals surface area contributed by atoms with Gasteiger partial charge in [0.1, 0.15) is 11.5 Å². The zero-order valence-electron chi connectivity index (χ0n) is 14.8. The standard InChI is InChI=1S/C21H24FN3O/c22-18-8-6-17(7-9-18)15-25-19-11-13-23-20(14-19)21(26)24-12-10-16-4-2-1-3-5-16/h4,6-9,11,13-14H,1-3,5,10,12,15H2,(H,23,25)(H,24,26). The Balaban J connectivity index is 1.50. The quantitative estimate of drug-likeness (QED) is 0.723. The van der Waals surface area contributed by atoms with Crippen molar-refractivity contribution in [2.24, 2.45) is 0 Å². The first-order chi connectivity index (χ1) is 12.7. The first kappa shape index (κ1) is 18.1. The number of rotatable bonds is 7. The van der Waals surface area contributed by atoms with Gasteiger partial charge in [-0.25, -0.2) is 4.39 Å². The fourth-order valence-electron chi connectivity index (χ4n) is 3.03. The maximum Gasteiger partial charge on any atom is 0.269 e. The highest BCUT2D eigenvalue weighted by Crippen LogP contribution is 2.19. The molecule has 0 spiro atoms. The monoisotopic (exact) mass is 353 g/mol. The van der Waals surface area contributed by atoms with Gasteiger partial charge in [0, 0.05) is 25.0 Å². The second-order valence-electron chi connectivity index (χ2n) is 6.52. The molecule has 0 bridgehead atoms. The molecule has 0 aliphatic heterocycles. The van der Waals surface area contributed by atoms with Crippen molar-refractivity contribution in [2.45, 2.75) is 38.6 Å². The topological polar surface area (TPSA) is 54.0 Å². The number of amides is 1. The molecule has 1 aromatic carbocycles. The lowest BCUT2D eigenvalue weighted by Gasteiger charge is -2.13. The number of carbonyl (C=O) groups is 1. The SMILES string of the molecule is O=C(NCCC1=CCCCC1)c1cc(NCc2ccc(F)cc2)ccn1. The Morgan fingerprint density at radius 2 is 2.00 bits per heavy atom. The number of benzene rings is 1. The smallest absolute Gasteiger partial charge is 0.269 e. The minimum Gasteiger partial charge on any atom is -0.381 e. The number of allylic oxidation sites excluding steroid dienone is 1. The van der Waals surface area contributed by atoms with Gasteiger partial charge in [-0.2, -0.15) is 0 Å². The zero-order valence-corrected chi connectivity index (χ0v) is 14.8. The number of nitrogens with zero attached hydrogens (tertiary/aromatic N) is 1. The Labute approximate surface area is 153 Å². The van der Waals surface area contributed by atoms with E-state index in [9.17, 15) is 9.18 Å². The van der Waals surface area contributed by atoms with Crippen LogP contribution >= 0.6 is 0 Å². The fourth-order valence-corrected chi connectivity index (χ4v) is 3.03. The van der Waals surface area contributed by atoms with E-state index in [1.165, 1.54) is 30.5 Å². The molecule has 136 valence electrons. The Morgan fingerprint density at radius 1 is 1.15 bits per heavy atom. The van der Waals surface area contributed by atoms with Crippen molar-refractivity contribution in [1.29, 1.82) is 0 Å². The van der Waals surface area contributed by atoms with Gasteiger partial charge in [0.15, 0.2) is 0 Å². The lowest BCUT2D eigenvalue weighted by molar-refractivity contribution is 0.0949. The molecule has 1 heterocycles. The average molecular weight is 353 g/mol. The van der Waals surface area contributed by atoms with Crippen molar-refractivity contribution in [1.82, 2.24) is 10.3 Å². The van der Waals surface area contributed by atoms with Gasteiger partial charge in [0.05, 0.1) is 0 Å². The van der Waals surface area contributed by atoms with E-state index < -0.39 is 0 Å². The van der Waals surface area contributed by atoms with Crippen molar-refractivity contribution in [2.75, 3.05) is 11.9 Å². The highest BCUT2D eigenvalue weighted by atomic mass is 19.1. The minimum atomic E-state index is -0.249. The summed E-state index contributed by atoms with van der Waals surface area (Å²) in [5.74, 6) is -0.410. The summed E-state index contributed by atoms with van der Waals surface area (Å²) in [5, 5.41) is 6.17. The van der Waals surface area contributed by atoms with Crippen LogP contribution in [0, 0.1) is 5.82 Å². The van der Waals surface area contributed by atoms with Crippen LogP contribution in [0.5, 0.6) is 0 Å². The number of anilines is 1. The van der Waals surface area contributed by atoms with Crippen molar-refractivity contribution >= 4 is 11.6 Å². The predicted molar refractivity (Wildman–Crippen MR) is 101 cm³/mol. The number of carbonyl (C=O) groups excluding carboxylic acids is 1. The van der Waals surface area contributed by atoms with Crippen LogP contribution < -0.4 is 10.6 Å². The van der Waals surface area contributed by atoms with Gasteiger partial charge in [-0.3, -0.25) is 9.78 Å². The van der Waals surface area contributed by atoms with Crippen LogP contribution in [0.3, 0.4) is 0 Å². The second kappa shape index (κ2) is 9.13. The van der Waals surface area contributed by atoms with E-state index >= 15 is 0 Å². The van der Waals surface area contributed by atoms with Gasteiger partial charge < -0.3 is 10.6 Å². The van der Waals surface area contributed by atoms with Gasteiger partial charge >= 0.3 is 0 Å². The summed E-state index contributed by atoms with van der Waals surface area (Å²) in [6.45, 7) is 1.19. The summed E-state index contributed by atoms with van der Waals surface area (Å²) in [6, 6.07) is 9.88. The molecule has 0 unspecified atom stereocenters. The molecule has 4 nitrogen and oxygen atoms in total. The first-order valence-corrected chi connectivity index (χ1v) is 9.11. The number of nitrogens with one attached hydrogen (secondary N) is 2. The van der Waals surface area contributed by atoms with E-state index in [-0.39, 0.29) is 11.7 Å². The molecule has 1 amide bonds. The lowest BCUT2D eigenvalue weighted by atomic mass is 9.97. The third-order valence-electron chi connectivity index (χ3n) is 4.52. The molecule has 0 fully saturated rings. The Bertz CT molecular complexity index is 771. The van der Waals surface area contributed by atoms with Gasteiger partial charge in [0.2, 0.25) is 0 Å². The normalized spacial score (nSPS) is 13.8. The number of hydrogen-bond donors (Lipinski definition) is 2. The van der Waals surface area contributed by atoms with Gasteiger partial charge in [-0.05, 0) is 61.9 Å². The van der Waals surface area contributed by atoms with Crippen LogP contribution in [0.25, 0.3) is 0 Å². The third kappa shape index (κ3) is 5.41. The number of pyridine rings is 1. The molecule has 0 atom stereocenters. The summed E-state index contributed by atoms with van der Waals surface area (Å²) in [5.41, 5.74) is 3.62. The summed E-state index contributed by atoms with van der Waals surface area (Å²) >= 11 is 0. The lowest BCUT2D eigenvalue weighted by Crippen LogP contribution is -2.25. The molecule has 2 N–H and O–H groups in total. The van der Waals surface area contributed by atoms with Crippen LogP contribution in [0.2, 0.25) is 0 Å². The molecular weight excluding hydrogens is 329 g/mol. The van der Waals surface area contributed by atoms with Crippen molar-refractivity contribution in [3.63, 3.8) is 0 Å². The van der Waals surface area contributed by atoms with Crippen LogP contribution in [-0.4, -0.2) is 17.4 Å². The van der Waals surface area contributed by atoms with E-state index in [1.54, 1.807) is 24.4 Å². The molecule has 0 saturated carbocycles. The Kier molecular flexibility index (Phi) is 6.36.